The first kappa shape index (κ1) is 12.8. The summed E-state index contributed by atoms with van der Waals surface area (Å²) in [5.41, 5.74) is 1.47. The highest BCUT2D eigenvalue weighted by atomic mass is 16.5. The number of ether oxygens (including phenoxy) is 1. The Kier molecular flexibility index (Phi) is 4.16. The monoisotopic (exact) mass is 223 g/mol. The summed E-state index contributed by atoms with van der Waals surface area (Å²) in [4.78, 5) is 10.9. The van der Waals surface area contributed by atoms with Crippen LogP contribution < -0.4 is 5.32 Å². The first-order valence-electron chi connectivity index (χ1n) is 5.64. The van der Waals surface area contributed by atoms with Crippen LogP contribution in [0.4, 0.5) is 0 Å². The zero-order chi connectivity index (χ0) is 12.2. The molecule has 1 atom stereocenters. The van der Waals surface area contributed by atoms with Crippen LogP contribution in [0.2, 0.25) is 0 Å². The van der Waals surface area contributed by atoms with Gasteiger partial charge in [0.1, 0.15) is 0 Å². The van der Waals surface area contributed by atoms with Gasteiger partial charge in [-0.1, -0.05) is 20.8 Å². The summed E-state index contributed by atoms with van der Waals surface area (Å²) >= 11 is 0. The Hall–Kier alpha value is -1.25. The lowest BCUT2D eigenvalue weighted by atomic mass is 9.83. The van der Waals surface area contributed by atoms with Crippen molar-refractivity contribution in [2.45, 2.75) is 34.1 Å². The van der Waals surface area contributed by atoms with Crippen molar-refractivity contribution in [1.29, 1.82) is 0 Å². The number of carbonyl (C=O) groups is 1. The van der Waals surface area contributed by atoms with Gasteiger partial charge in [0.15, 0.2) is 0 Å². The van der Waals surface area contributed by atoms with E-state index in [1.807, 2.05) is 6.08 Å². The fourth-order valence-corrected chi connectivity index (χ4v) is 1.72. The van der Waals surface area contributed by atoms with Gasteiger partial charge in [-0.05, 0) is 23.5 Å². The summed E-state index contributed by atoms with van der Waals surface area (Å²) in [5.74, 6) is 0.270. The molecule has 3 nitrogen and oxygen atoms in total. The van der Waals surface area contributed by atoms with Gasteiger partial charge in [-0.2, -0.15) is 0 Å². The van der Waals surface area contributed by atoms with Gasteiger partial charge in [0, 0.05) is 19.4 Å². The van der Waals surface area contributed by atoms with Gasteiger partial charge in [-0.3, -0.25) is 4.79 Å². The number of nitrogens with one attached hydrogen (secondary N) is 1. The van der Waals surface area contributed by atoms with E-state index in [0.717, 1.165) is 6.42 Å². The van der Waals surface area contributed by atoms with E-state index in [1.54, 1.807) is 12.5 Å². The molecule has 0 saturated carbocycles. The van der Waals surface area contributed by atoms with Crippen LogP contribution in [0.3, 0.4) is 0 Å². The first-order chi connectivity index (χ1) is 7.38. The highest BCUT2D eigenvalue weighted by molar-refractivity contribution is 5.72. The molecule has 0 spiro atoms. The lowest BCUT2D eigenvalue weighted by Gasteiger charge is -2.26. The van der Waals surface area contributed by atoms with Crippen molar-refractivity contribution in [1.82, 2.24) is 5.32 Å². The van der Waals surface area contributed by atoms with Crippen LogP contribution in [-0.4, -0.2) is 12.5 Å². The number of hydrogen-bond acceptors (Lipinski definition) is 2. The van der Waals surface area contributed by atoms with Crippen molar-refractivity contribution in [2.24, 2.45) is 11.3 Å². The fraction of sp³-hybridized carbons (Fsp3) is 0.615. The molecule has 1 aliphatic rings. The molecule has 3 heteroatoms. The van der Waals surface area contributed by atoms with E-state index in [-0.39, 0.29) is 17.2 Å². The highest BCUT2D eigenvalue weighted by Gasteiger charge is 2.21. The molecule has 0 aromatic rings. The molecule has 16 heavy (non-hydrogen) atoms. The van der Waals surface area contributed by atoms with Crippen molar-refractivity contribution in [3.05, 3.63) is 24.2 Å². The minimum Gasteiger partial charge on any atom is -0.473 e. The number of amides is 1. The summed E-state index contributed by atoms with van der Waals surface area (Å²) in [6, 6.07) is 0. The SMILES string of the molecule is CC(=O)NCC1C=COC=C1CC(C)(C)C. The second-order valence-electron chi connectivity index (χ2n) is 5.44. The van der Waals surface area contributed by atoms with E-state index in [2.05, 4.69) is 26.1 Å². The van der Waals surface area contributed by atoms with Crippen molar-refractivity contribution >= 4 is 5.91 Å². The van der Waals surface area contributed by atoms with Gasteiger partial charge in [0.25, 0.3) is 0 Å². The molecule has 1 amide bonds. The standard InChI is InChI=1S/C13H21NO2/c1-10(15)14-8-11-5-6-16-9-12(11)7-13(2,3)4/h5-6,9,11H,7-8H2,1-4H3,(H,14,15). The van der Waals surface area contributed by atoms with Gasteiger partial charge in [0.2, 0.25) is 5.91 Å². The molecule has 0 fully saturated rings. The third-order valence-corrected chi connectivity index (χ3v) is 2.39. The van der Waals surface area contributed by atoms with Crippen molar-refractivity contribution in [2.75, 3.05) is 6.54 Å². The molecular weight excluding hydrogens is 202 g/mol. The van der Waals surface area contributed by atoms with Crippen LogP contribution in [0.25, 0.3) is 0 Å². The molecule has 1 heterocycles. The average Bonchev–Trinajstić information content (AvgIpc) is 2.14. The maximum absolute atomic E-state index is 10.9. The smallest absolute Gasteiger partial charge is 0.216 e. The van der Waals surface area contributed by atoms with E-state index in [1.165, 1.54) is 12.5 Å². The van der Waals surface area contributed by atoms with E-state index < -0.39 is 0 Å². The molecule has 1 rings (SSSR count). The zero-order valence-corrected chi connectivity index (χ0v) is 10.5. The number of rotatable bonds is 3. The first-order valence-corrected chi connectivity index (χ1v) is 5.64. The minimum atomic E-state index is 0.00926. The molecule has 0 bridgehead atoms. The lowest BCUT2D eigenvalue weighted by molar-refractivity contribution is -0.119. The van der Waals surface area contributed by atoms with Gasteiger partial charge in [-0.25, -0.2) is 0 Å². The molecule has 0 aromatic heterocycles. The van der Waals surface area contributed by atoms with Crippen LogP contribution >= 0.6 is 0 Å². The van der Waals surface area contributed by atoms with Crippen molar-refractivity contribution in [3.63, 3.8) is 0 Å². The maximum Gasteiger partial charge on any atom is 0.216 e. The Morgan fingerprint density at radius 1 is 1.50 bits per heavy atom. The minimum absolute atomic E-state index is 0.00926. The molecular formula is C13H21NO2. The fourth-order valence-electron chi connectivity index (χ4n) is 1.72. The Bertz CT molecular complexity index is 310. The Balaban J connectivity index is 2.59. The molecule has 1 aliphatic heterocycles. The van der Waals surface area contributed by atoms with Crippen LogP contribution in [0.5, 0.6) is 0 Å². The number of carbonyl (C=O) groups excluding carboxylic acids is 1. The van der Waals surface area contributed by atoms with Gasteiger partial charge in [-0.15, -0.1) is 0 Å². The molecule has 1 unspecified atom stereocenters. The molecule has 1 N–H and O–H groups in total. The lowest BCUT2D eigenvalue weighted by Crippen LogP contribution is -2.28. The van der Waals surface area contributed by atoms with E-state index >= 15 is 0 Å². The predicted molar refractivity (Wildman–Crippen MR) is 64.6 cm³/mol. The average molecular weight is 223 g/mol. The second kappa shape index (κ2) is 5.19. The van der Waals surface area contributed by atoms with Gasteiger partial charge < -0.3 is 10.1 Å². The summed E-state index contributed by atoms with van der Waals surface area (Å²) in [6.45, 7) is 8.78. The zero-order valence-electron chi connectivity index (χ0n) is 10.5. The predicted octanol–water partition coefficient (Wildman–Crippen LogP) is 2.60. The van der Waals surface area contributed by atoms with Crippen LogP contribution in [0.1, 0.15) is 34.1 Å². The summed E-state index contributed by atoms with van der Waals surface area (Å²) in [7, 11) is 0. The normalized spacial score (nSPS) is 20.0. The van der Waals surface area contributed by atoms with E-state index in [4.69, 9.17) is 4.74 Å². The largest absolute Gasteiger partial charge is 0.473 e. The molecule has 90 valence electrons. The maximum atomic E-state index is 10.9. The Morgan fingerprint density at radius 3 is 2.75 bits per heavy atom. The van der Waals surface area contributed by atoms with Gasteiger partial charge >= 0.3 is 0 Å². The highest BCUT2D eigenvalue weighted by Crippen LogP contribution is 2.30. The third kappa shape index (κ3) is 4.51. The summed E-state index contributed by atoms with van der Waals surface area (Å²) in [5, 5.41) is 2.84. The molecule has 0 aromatic carbocycles. The van der Waals surface area contributed by atoms with Crippen LogP contribution in [0.15, 0.2) is 24.2 Å². The number of hydrogen-bond donors (Lipinski definition) is 1. The summed E-state index contributed by atoms with van der Waals surface area (Å²) in [6.07, 6.45) is 6.45. The van der Waals surface area contributed by atoms with Crippen molar-refractivity contribution in [3.8, 4) is 0 Å². The molecule has 0 saturated heterocycles. The quantitative estimate of drug-likeness (QED) is 0.798. The third-order valence-electron chi connectivity index (χ3n) is 2.39. The molecule has 0 radical (unpaired) electrons. The van der Waals surface area contributed by atoms with Crippen LogP contribution in [-0.2, 0) is 9.53 Å². The van der Waals surface area contributed by atoms with E-state index in [0.29, 0.717) is 6.54 Å². The van der Waals surface area contributed by atoms with Crippen molar-refractivity contribution < 1.29 is 9.53 Å². The second-order valence-corrected chi connectivity index (χ2v) is 5.44. The molecule has 0 aliphatic carbocycles. The van der Waals surface area contributed by atoms with Crippen LogP contribution in [0, 0.1) is 11.3 Å². The Labute approximate surface area is 97.6 Å². The Morgan fingerprint density at radius 2 is 2.19 bits per heavy atom. The van der Waals surface area contributed by atoms with E-state index in [9.17, 15) is 4.79 Å². The summed E-state index contributed by atoms with van der Waals surface area (Å²) < 4.78 is 5.21. The van der Waals surface area contributed by atoms with Gasteiger partial charge in [0.05, 0.1) is 12.5 Å². The topological polar surface area (TPSA) is 38.3 Å².